The molecule has 0 N–H and O–H groups in total. The van der Waals surface area contributed by atoms with E-state index < -0.39 is 0 Å². The second-order valence-corrected chi connectivity index (χ2v) is 5.57. The van der Waals surface area contributed by atoms with Gasteiger partial charge >= 0.3 is 5.97 Å². The van der Waals surface area contributed by atoms with Crippen LogP contribution >= 0.6 is 11.8 Å². The molecule has 0 saturated carbocycles. The minimum absolute atomic E-state index is 0.0128. The maximum Gasteiger partial charge on any atom is 0.319 e. The van der Waals surface area contributed by atoms with Gasteiger partial charge in [-0.25, -0.2) is 9.67 Å². The van der Waals surface area contributed by atoms with Crippen molar-refractivity contribution < 1.29 is 9.53 Å². The largest absolute Gasteiger partial charge is 0.462 e. The van der Waals surface area contributed by atoms with Crippen molar-refractivity contribution in [1.29, 1.82) is 0 Å². The monoisotopic (exact) mass is 275 g/mol. The number of ether oxygens (including phenoxy) is 1. The number of thioether (sulfide) groups is 1. The van der Waals surface area contributed by atoms with Crippen LogP contribution in [0.5, 0.6) is 0 Å². The lowest BCUT2D eigenvalue weighted by molar-refractivity contribution is -0.140. The summed E-state index contributed by atoms with van der Waals surface area (Å²) in [5.74, 6) is -0.173. The Labute approximate surface area is 115 Å². The van der Waals surface area contributed by atoms with Crippen LogP contribution in [0.1, 0.15) is 13.3 Å². The van der Waals surface area contributed by atoms with Crippen molar-refractivity contribution in [1.82, 2.24) is 14.8 Å². The first-order valence-corrected chi connectivity index (χ1v) is 6.94. The Morgan fingerprint density at radius 1 is 1.37 bits per heavy atom. The number of rotatable bonds is 3. The van der Waals surface area contributed by atoms with E-state index in [1.165, 1.54) is 11.8 Å². The van der Waals surface area contributed by atoms with E-state index >= 15 is 0 Å². The number of benzene rings is 1. The SMILES string of the molecule is CC1CC(Sc2ncn(-c3ccccc3)n2)C(=O)O1. The van der Waals surface area contributed by atoms with Crippen LogP contribution < -0.4 is 0 Å². The highest BCUT2D eigenvalue weighted by Crippen LogP contribution is 2.30. The average Bonchev–Trinajstić information content (AvgIpc) is 2.99. The molecule has 6 heteroatoms. The van der Waals surface area contributed by atoms with Crippen molar-refractivity contribution in [3.63, 3.8) is 0 Å². The molecule has 2 atom stereocenters. The highest BCUT2D eigenvalue weighted by atomic mass is 32.2. The number of hydrogen-bond acceptors (Lipinski definition) is 5. The van der Waals surface area contributed by atoms with E-state index in [1.807, 2.05) is 37.3 Å². The van der Waals surface area contributed by atoms with Gasteiger partial charge in [-0.3, -0.25) is 4.79 Å². The van der Waals surface area contributed by atoms with Gasteiger partial charge in [-0.1, -0.05) is 30.0 Å². The summed E-state index contributed by atoms with van der Waals surface area (Å²) in [6, 6.07) is 9.75. The summed E-state index contributed by atoms with van der Waals surface area (Å²) >= 11 is 1.36. The number of cyclic esters (lactones) is 1. The second-order valence-electron chi connectivity index (χ2n) is 4.40. The molecule has 0 aliphatic carbocycles. The Morgan fingerprint density at radius 3 is 2.84 bits per heavy atom. The Kier molecular flexibility index (Phi) is 3.25. The second kappa shape index (κ2) is 5.05. The molecule has 0 bridgehead atoms. The predicted molar refractivity (Wildman–Crippen MR) is 71.2 cm³/mol. The first-order chi connectivity index (χ1) is 9.22. The van der Waals surface area contributed by atoms with Gasteiger partial charge < -0.3 is 4.74 Å². The van der Waals surface area contributed by atoms with E-state index in [0.29, 0.717) is 11.6 Å². The molecule has 19 heavy (non-hydrogen) atoms. The van der Waals surface area contributed by atoms with Crippen LogP contribution in [0.25, 0.3) is 5.69 Å². The van der Waals surface area contributed by atoms with Gasteiger partial charge in [0.05, 0.1) is 5.69 Å². The minimum Gasteiger partial charge on any atom is -0.462 e. The standard InChI is InChI=1S/C13H13N3O2S/c1-9-7-11(12(17)18-9)19-13-14-8-16(15-13)10-5-3-2-4-6-10/h2-6,8-9,11H,7H2,1H3. The lowest BCUT2D eigenvalue weighted by Crippen LogP contribution is -2.09. The molecule has 1 aromatic carbocycles. The van der Waals surface area contributed by atoms with Gasteiger partial charge in [-0.2, -0.15) is 0 Å². The molecule has 1 fully saturated rings. The summed E-state index contributed by atoms with van der Waals surface area (Å²) in [6.07, 6.45) is 2.35. The van der Waals surface area contributed by atoms with Crippen molar-refractivity contribution in [2.75, 3.05) is 0 Å². The molecule has 2 unspecified atom stereocenters. The van der Waals surface area contributed by atoms with Crippen molar-refractivity contribution in [3.8, 4) is 5.69 Å². The van der Waals surface area contributed by atoms with Crippen LogP contribution in [0.15, 0.2) is 41.8 Å². The summed E-state index contributed by atoms with van der Waals surface area (Å²) in [5.41, 5.74) is 0.948. The summed E-state index contributed by atoms with van der Waals surface area (Å²) in [4.78, 5) is 15.8. The van der Waals surface area contributed by atoms with Crippen LogP contribution in [-0.4, -0.2) is 32.1 Å². The van der Waals surface area contributed by atoms with E-state index in [1.54, 1.807) is 11.0 Å². The Balaban J connectivity index is 1.74. The molecular weight excluding hydrogens is 262 g/mol. The van der Waals surface area contributed by atoms with Gasteiger partial charge in [0.2, 0.25) is 5.16 Å². The van der Waals surface area contributed by atoms with E-state index in [2.05, 4.69) is 10.1 Å². The molecule has 3 rings (SSSR count). The maximum absolute atomic E-state index is 11.6. The molecule has 0 amide bonds. The lowest BCUT2D eigenvalue weighted by atomic mass is 10.3. The fraction of sp³-hybridized carbons (Fsp3) is 0.308. The van der Waals surface area contributed by atoms with Gasteiger partial charge in [-0.15, -0.1) is 5.10 Å². The number of hydrogen-bond donors (Lipinski definition) is 0. The predicted octanol–water partition coefficient (Wildman–Crippen LogP) is 2.06. The third kappa shape index (κ3) is 2.63. The third-order valence-electron chi connectivity index (χ3n) is 2.87. The zero-order chi connectivity index (χ0) is 13.2. The van der Waals surface area contributed by atoms with Gasteiger partial charge in [0.25, 0.3) is 0 Å². The molecule has 1 saturated heterocycles. The van der Waals surface area contributed by atoms with Crippen molar-refractivity contribution in [3.05, 3.63) is 36.7 Å². The van der Waals surface area contributed by atoms with Crippen LogP contribution in [-0.2, 0) is 9.53 Å². The van der Waals surface area contributed by atoms with E-state index in [-0.39, 0.29) is 17.3 Å². The number of nitrogens with zero attached hydrogens (tertiary/aromatic N) is 3. The molecule has 2 heterocycles. The Hall–Kier alpha value is -1.82. The van der Waals surface area contributed by atoms with Gasteiger partial charge in [0, 0.05) is 6.42 Å². The van der Waals surface area contributed by atoms with Gasteiger partial charge in [0.1, 0.15) is 17.7 Å². The first-order valence-electron chi connectivity index (χ1n) is 6.06. The number of esters is 1. The molecule has 98 valence electrons. The smallest absolute Gasteiger partial charge is 0.319 e. The molecule has 0 spiro atoms. The number of aromatic nitrogens is 3. The van der Waals surface area contributed by atoms with Gasteiger partial charge in [0.15, 0.2) is 0 Å². The quantitative estimate of drug-likeness (QED) is 0.803. The Bertz CT molecular complexity index is 585. The summed E-state index contributed by atoms with van der Waals surface area (Å²) in [7, 11) is 0. The van der Waals surface area contributed by atoms with Crippen molar-refractivity contribution >= 4 is 17.7 Å². The van der Waals surface area contributed by atoms with Crippen LogP contribution in [0.4, 0.5) is 0 Å². The first kappa shape index (κ1) is 12.2. The highest BCUT2D eigenvalue weighted by molar-refractivity contribution is 8.00. The van der Waals surface area contributed by atoms with E-state index in [4.69, 9.17) is 4.74 Å². The Morgan fingerprint density at radius 2 is 2.16 bits per heavy atom. The fourth-order valence-electron chi connectivity index (χ4n) is 1.95. The lowest BCUT2D eigenvalue weighted by Gasteiger charge is -2.00. The fourth-order valence-corrected chi connectivity index (χ4v) is 2.97. The minimum atomic E-state index is -0.193. The van der Waals surface area contributed by atoms with Crippen molar-refractivity contribution in [2.24, 2.45) is 0 Å². The molecule has 5 nitrogen and oxygen atoms in total. The summed E-state index contributed by atoms with van der Waals surface area (Å²) < 4.78 is 6.82. The van der Waals surface area contributed by atoms with E-state index in [0.717, 1.165) is 5.69 Å². The molecule has 0 radical (unpaired) electrons. The average molecular weight is 275 g/mol. The molecular formula is C13H13N3O2S. The summed E-state index contributed by atoms with van der Waals surface area (Å²) in [6.45, 7) is 1.90. The van der Waals surface area contributed by atoms with Crippen LogP contribution in [0.3, 0.4) is 0 Å². The molecule has 1 aliphatic rings. The number of para-hydroxylation sites is 1. The van der Waals surface area contributed by atoms with Gasteiger partial charge in [-0.05, 0) is 19.1 Å². The van der Waals surface area contributed by atoms with Crippen LogP contribution in [0.2, 0.25) is 0 Å². The number of carbonyl (C=O) groups is 1. The normalized spacial score (nSPS) is 22.5. The zero-order valence-electron chi connectivity index (χ0n) is 10.4. The topological polar surface area (TPSA) is 57.0 Å². The number of carbonyl (C=O) groups excluding carboxylic acids is 1. The van der Waals surface area contributed by atoms with Crippen LogP contribution in [0, 0.1) is 0 Å². The maximum atomic E-state index is 11.6. The third-order valence-corrected chi connectivity index (χ3v) is 3.93. The zero-order valence-corrected chi connectivity index (χ0v) is 11.2. The molecule has 1 aromatic heterocycles. The van der Waals surface area contributed by atoms with E-state index in [9.17, 15) is 4.79 Å². The molecule has 1 aliphatic heterocycles. The van der Waals surface area contributed by atoms with Crippen molar-refractivity contribution in [2.45, 2.75) is 29.9 Å². The molecule has 2 aromatic rings. The summed E-state index contributed by atoms with van der Waals surface area (Å²) in [5, 5.41) is 4.77. The highest BCUT2D eigenvalue weighted by Gasteiger charge is 2.33.